The Morgan fingerprint density at radius 1 is 1.07 bits per heavy atom. The predicted molar refractivity (Wildman–Crippen MR) is 60.4 cm³/mol. The van der Waals surface area contributed by atoms with Gasteiger partial charge in [0.15, 0.2) is 0 Å². The maximum atomic E-state index is 10.3. The van der Waals surface area contributed by atoms with Gasteiger partial charge in [0.25, 0.3) is 0 Å². The maximum Gasteiger partial charge on any atom is 0.0660 e. The highest BCUT2D eigenvalue weighted by Gasteiger charge is 2.28. The fourth-order valence-corrected chi connectivity index (χ4v) is 2.37. The first-order chi connectivity index (χ1) is 6.70. The van der Waals surface area contributed by atoms with E-state index in [1.54, 1.807) is 0 Å². The van der Waals surface area contributed by atoms with Crippen LogP contribution in [0.4, 0.5) is 0 Å². The highest BCUT2D eigenvalue weighted by Crippen LogP contribution is 2.30. The van der Waals surface area contributed by atoms with Crippen LogP contribution in [-0.4, -0.2) is 35.2 Å². The topological polar surface area (TPSA) is 23.5 Å². The second-order valence-corrected chi connectivity index (χ2v) is 4.56. The summed E-state index contributed by atoms with van der Waals surface area (Å²) in [5.41, 5.74) is -0.332. The Hall–Kier alpha value is -0.0800. The first kappa shape index (κ1) is 12.0. The van der Waals surface area contributed by atoms with E-state index in [1.807, 2.05) is 0 Å². The monoisotopic (exact) mass is 199 g/mol. The van der Waals surface area contributed by atoms with Gasteiger partial charge in [-0.1, -0.05) is 33.1 Å². The molecule has 1 aliphatic rings. The summed E-state index contributed by atoms with van der Waals surface area (Å²) in [7, 11) is 0. The molecule has 0 saturated heterocycles. The summed E-state index contributed by atoms with van der Waals surface area (Å²) in [4.78, 5) is 2.40. The fraction of sp³-hybridized carbons (Fsp3) is 1.00. The van der Waals surface area contributed by atoms with Crippen LogP contribution in [0.1, 0.15) is 52.4 Å². The Kier molecular flexibility index (Phi) is 4.90. The molecule has 2 nitrogen and oxygen atoms in total. The van der Waals surface area contributed by atoms with Crippen LogP contribution in [0.3, 0.4) is 0 Å². The Labute approximate surface area is 88.3 Å². The minimum Gasteiger partial charge on any atom is -0.390 e. The van der Waals surface area contributed by atoms with Gasteiger partial charge < -0.3 is 10.0 Å². The lowest BCUT2D eigenvalue weighted by Gasteiger charge is -2.33. The van der Waals surface area contributed by atoms with E-state index >= 15 is 0 Å². The SMILES string of the molecule is CCN(CC)CCC1(O)CCCCC1. The quantitative estimate of drug-likeness (QED) is 0.735. The lowest BCUT2D eigenvalue weighted by molar-refractivity contribution is -0.0108. The molecule has 0 aliphatic heterocycles. The zero-order chi connectivity index (χ0) is 10.4. The molecule has 1 aliphatic carbocycles. The standard InChI is InChI=1S/C12H25NO/c1-3-13(4-2)11-10-12(14)8-6-5-7-9-12/h14H,3-11H2,1-2H3. The summed E-state index contributed by atoms with van der Waals surface area (Å²) in [6.45, 7) is 7.64. The van der Waals surface area contributed by atoms with E-state index < -0.39 is 0 Å². The molecule has 14 heavy (non-hydrogen) atoms. The summed E-state index contributed by atoms with van der Waals surface area (Å²) >= 11 is 0. The molecule has 84 valence electrons. The second-order valence-electron chi connectivity index (χ2n) is 4.56. The Morgan fingerprint density at radius 2 is 1.64 bits per heavy atom. The van der Waals surface area contributed by atoms with E-state index in [0.29, 0.717) is 0 Å². The zero-order valence-electron chi connectivity index (χ0n) is 9.76. The van der Waals surface area contributed by atoms with Crippen LogP contribution in [0.25, 0.3) is 0 Å². The molecular formula is C12H25NO. The minimum atomic E-state index is -0.332. The van der Waals surface area contributed by atoms with Crippen molar-refractivity contribution in [3.05, 3.63) is 0 Å². The molecule has 0 aromatic rings. The number of hydrogen-bond acceptors (Lipinski definition) is 2. The van der Waals surface area contributed by atoms with Gasteiger partial charge in [-0.3, -0.25) is 0 Å². The molecule has 0 amide bonds. The third-order valence-electron chi connectivity index (χ3n) is 3.57. The summed E-state index contributed by atoms with van der Waals surface area (Å²) < 4.78 is 0. The van der Waals surface area contributed by atoms with Crippen molar-refractivity contribution in [2.45, 2.75) is 58.0 Å². The first-order valence-electron chi connectivity index (χ1n) is 6.15. The molecule has 1 saturated carbocycles. The number of hydrogen-bond donors (Lipinski definition) is 1. The molecule has 0 radical (unpaired) electrons. The minimum absolute atomic E-state index is 0.332. The van der Waals surface area contributed by atoms with E-state index in [1.165, 1.54) is 19.3 Å². The molecule has 0 unspecified atom stereocenters. The smallest absolute Gasteiger partial charge is 0.0660 e. The molecule has 0 aromatic heterocycles. The van der Waals surface area contributed by atoms with Crippen LogP contribution in [-0.2, 0) is 0 Å². The van der Waals surface area contributed by atoms with Crippen LogP contribution in [0.15, 0.2) is 0 Å². The van der Waals surface area contributed by atoms with E-state index in [0.717, 1.165) is 38.9 Å². The van der Waals surface area contributed by atoms with Gasteiger partial charge in [0.2, 0.25) is 0 Å². The van der Waals surface area contributed by atoms with Gasteiger partial charge in [0, 0.05) is 6.54 Å². The van der Waals surface area contributed by atoms with Gasteiger partial charge in [0.05, 0.1) is 5.60 Å². The summed E-state index contributed by atoms with van der Waals surface area (Å²) in [5, 5.41) is 10.3. The van der Waals surface area contributed by atoms with Gasteiger partial charge in [0.1, 0.15) is 0 Å². The van der Waals surface area contributed by atoms with Gasteiger partial charge in [-0.2, -0.15) is 0 Å². The molecule has 1 fully saturated rings. The van der Waals surface area contributed by atoms with Crippen molar-refractivity contribution < 1.29 is 5.11 Å². The average molecular weight is 199 g/mol. The number of nitrogens with zero attached hydrogens (tertiary/aromatic N) is 1. The van der Waals surface area contributed by atoms with Crippen molar-refractivity contribution in [1.82, 2.24) is 4.90 Å². The molecule has 2 heteroatoms. The Morgan fingerprint density at radius 3 is 2.14 bits per heavy atom. The van der Waals surface area contributed by atoms with Crippen molar-refractivity contribution in [3.8, 4) is 0 Å². The molecule has 0 spiro atoms. The van der Waals surface area contributed by atoms with Gasteiger partial charge in [-0.05, 0) is 32.4 Å². The van der Waals surface area contributed by atoms with Gasteiger partial charge in [-0.15, -0.1) is 0 Å². The Bertz CT molecular complexity index is 148. The molecule has 1 rings (SSSR count). The molecule has 0 bridgehead atoms. The van der Waals surface area contributed by atoms with Gasteiger partial charge in [-0.25, -0.2) is 0 Å². The zero-order valence-corrected chi connectivity index (χ0v) is 9.76. The molecular weight excluding hydrogens is 174 g/mol. The van der Waals surface area contributed by atoms with Crippen LogP contribution in [0, 0.1) is 0 Å². The van der Waals surface area contributed by atoms with Crippen molar-refractivity contribution in [3.63, 3.8) is 0 Å². The van der Waals surface area contributed by atoms with E-state index in [2.05, 4.69) is 18.7 Å². The van der Waals surface area contributed by atoms with Crippen molar-refractivity contribution in [2.75, 3.05) is 19.6 Å². The van der Waals surface area contributed by atoms with Gasteiger partial charge >= 0.3 is 0 Å². The lowest BCUT2D eigenvalue weighted by atomic mass is 9.82. The van der Waals surface area contributed by atoms with Crippen molar-refractivity contribution in [1.29, 1.82) is 0 Å². The van der Waals surface area contributed by atoms with Crippen LogP contribution in [0.2, 0.25) is 0 Å². The third-order valence-corrected chi connectivity index (χ3v) is 3.57. The average Bonchev–Trinajstić information content (AvgIpc) is 2.20. The largest absolute Gasteiger partial charge is 0.390 e. The maximum absolute atomic E-state index is 10.3. The normalized spacial score (nSPS) is 21.4. The number of rotatable bonds is 5. The molecule has 1 N–H and O–H groups in total. The van der Waals surface area contributed by atoms with E-state index in [9.17, 15) is 5.11 Å². The summed E-state index contributed by atoms with van der Waals surface area (Å²) in [6, 6.07) is 0. The summed E-state index contributed by atoms with van der Waals surface area (Å²) in [5.74, 6) is 0. The van der Waals surface area contributed by atoms with Crippen molar-refractivity contribution >= 4 is 0 Å². The second kappa shape index (κ2) is 5.72. The summed E-state index contributed by atoms with van der Waals surface area (Å²) in [6.07, 6.45) is 6.76. The lowest BCUT2D eigenvalue weighted by Crippen LogP contribution is -2.36. The van der Waals surface area contributed by atoms with Crippen molar-refractivity contribution in [2.24, 2.45) is 0 Å². The van der Waals surface area contributed by atoms with Crippen LogP contribution < -0.4 is 0 Å². The molecule has 0 aromatic carbocycles. The predicted octanol–water partition coefficient (Wildman–Crippen LogP) is 2.41. The molecule has 0 heterocycles. The molecule has 0 atom stereocenters. The van der Waals surface area contributed by atoms with Crippen LogP contribution >= 0.6 is 0 Å². The van der Waals surface area contributed by atoms with E-state index in [-0.39, 0.29) is 5.60 Å². The third kappa shape index (κ3) is 3.58. The van der Waals surface area contributed by atoms with Crippen LogP contribution in [0.5, 0.6) is 0 Å². The fourth-order valence-electron chi connectivity index (χ4n) is 2.37. The van der Waals surface area contributed by atoms with E-state index in [4.69, 9.17) is 0 Å². The first-order valence-corrected chi connectivity index (χ1v) is 6.15. The highest BCUT2D eigenvalue weighted by molar-refractivity contribution is 4.82. The highest BCUT2D eigenvalue weighted by atomic mass is 16.3. The number of aliphatic hydroxyl groups is 1. The Balaban J connectivity index is 2.27.